The molecule has 4 rings (SSSR count). The van der Waals surface area contributed by atoms with Gasteiger partial charge in [0, 0.05) is 5.69 Å². The van der Waals surface area contributed by atoms with Crippen LogP contribution in [0.4, 0.5) is 16.2 Å². The number of aromatic hydroxyl groups is 1. The maximum Gasteiger partial charge on any atom is 0.335 e. The summed E-state index contributed by atoms with van der Waals surface area (Å²) in [7, 11) is 0. The number of aryl methyl sites for hydroxylation is 2. The van der Waals surface area contributed by atoms with Crippen molar-refractivity contribution >= 4 is 73.1 Å². The van der Waals surface area contributed by atoms with Crippen molar-refractivity contribution in [3.63, 3.8) is 0 Å². The van der Waals surface area contributed by atoms with E-state index in [1.165, 1.54) is 30.3 Å². The zero-order valence-corrected chi connectivity index (χ0v) is 23.3. The Morgan fingerprint density at radius 1 is 1.03 bits per heavy atom. The summed E-state index contributed by atoms with van der Waals surface area (Å²) in [5.74, 6) is -1.69. The monoisotopic (exact) mass is 641 g/mol. The standard InChI is InChI=1S/C27H21Br2N3O6/c1-14-3-8-22(15(2)9-14)30-23(34)13-38-24-20(28)11-16(12-21(24)29)10-19-25(35)31-27(37)32(26(19)36)17-4-6-18(33)7-5-17/h3-12,33H,13H2,1-2H3,(H,30,34)(H,31,35,37)/b19-10-. The number of barbiturate groups is 1. The molecule has 0 aromatic heterocycles. The summed E-state index contributed by atoms with van der Waals surface area (Å²) in [4.78, 5) is 51.1. The summed E-state index contributed by atoms with van der Waals surface area (Å²) < 4.78 is 6.64. The third-order valence-electron chi connectivity index (χ3n) is 5.54. The molecule has 1 aliphatic rings. The molecule has 1 fully saturated rings. The lowest BCUT2D eigenvalue weighted by Crippen LogP contribution is -2.54. The maximum absolute atomic E-state index is 13.1. The number of hydrogen-bond acceptors (Lipinski definition) is 6. The second-order valence-corrected chi connectivity index (χ2v) is 10.2. The molecular formula is C27H21Br2N3O6. The zero-order chi connectivity index (χ0) is 27.6. The Morgan fingerprint density at radius 2 is 1.68 bits per heavy atom. The SMILES string of the molecule is Cc1ccc(NC(=O)COc2c(Br)cc(/C=C3/C(=O)NC(=O)N(c4ccc(O)cc4)C3=O)cc2Br)c(C)c1. The molecule has 194 valence electrons. The Bertz CT molecular complexity index is 1480. The van der Waals surface area contributed by atoms with Gasteiger partial charge in [-0.15, -0.1) is 0 Å². The highest BCUT2D eigenvalue weighted by molar-refractivity contribution is 9.11. The lowest BCUT2D eigenvalue weighted by atomic mass is 10.1. The van der Waals surface area contributed by atoms with E-state index in [0.29, 0.717) is 25.9 Å². The van der Waals surface area contributed by atoms with E-state index in [1.54, 1.807) is 12.1 Å². The van der Waals surface area contributed by atoms with Crippen LogP contribution in [0.3, 0.4) is 0 Å². The number of nitrogens with zero attached hydrogens (tertiary/aromatic N) is 1. The Morgan fingerprint density at radius 3 is 2.32 bits per heavy atom. The van der Waals surface area contributed by atoms with Crippen molar-refractivity contribution in [2.75, 3.05) is 16.8 Å². The first-order valence-corrected chi connectivity index (χ1v) is 12.8. The van der Waals surface area contributed by atoms with Gasteiger partial charge in [0.1, 0.15) is 17.1 Å². The summed E-state index contributed by atoms with van der Waals surface area (Å²) in [5.41, 5.74) is 3.10. The van der Waals surface area contributed by atoms with E-state index in [9.17, 15) is 24.3 Å². The van der Waals surface area contributed by atoms with E-state index in [4.69, 9.17) is 4.74 Å². The summed E-state index contributed by atoms with van der Waals surface area (Å²) in [6.07, 6.45) is 1.34. The van der Waals surface area contributed by atoms with E-state index >= 15 is 0 Å². The molecule has 3 aromatic carbocycles. The predicted octanol–water partition coefficient (Wildman–Crippen LogP) is 5.22. The van der Waals surface area contributed by atoms with Crippen LogP contribution >= 0.6 is 31.9 Å². The fraction of sp³-hybridized carbons (Fsp3) is 0.111. The number of amides is 5. The van der Waals surface area contributed by atoms with Crippen LogP contribution < -0.4 is 20.3 Å². The molecule has 0 saturated carbocycles. The molecule has 0 unspecified atom stereocenters. The average Bonchev–Trinajstić information content (AvgIpc) is 2.84. The molecular weight excluding hydrogens is 622 g/mol. The van der Waals surface area contributed by atoms with Gasteiger partial charge in [0.15, 0.2) is 6.61 Å². The van der Waals surface area contributed by atoms with Crippen molar-refractivity contribution in [2.24, 2.45) is 0 Å². The molecule has 0 aliphatic carbocycles. The van der Waals surface area contributed by atoms with Gasteiger partial charge in [0.25, 0.3) is 17.7 Å². The lowest BCUT2D eigenvalue weighted by Gasteiger charge is -2.26. The smallest absolute Gasteiger partial charge is 0.335 e. The fourth-order valence-electron chi connectivity index (χ4n) is 3.74. The van der Waals surface area contributed by atoms with E-state index in [0.717, 1.165) is 16.0 Å². The minimum atomic E-state index is -0.895. The van der Waals surface area contributed by atoms with Crippen LogP contribution in [0, 0.1) is 13.8 Å². The Kier molecular flexibility index (Phi) is 7.98. The van der Waals surface area contributed by atoms with Crippen LogP contribution in [0.25, 0.3) is 6.08 Å². The van der Waals surface area contributed by atoms with Gasteiger partial charge < -0.3 is 15.2 Å². The Labute approximate surface area is 234 Å². The topological polar surface area (TPSA) is 125 Å². The number of ether oxygens (including phenoxy) is 1. The number of carbonyl (C=O) groups excluding carboxylic acids is 4. The number of halogens is 2. The van der Waals surface area contributed by atoms with Gasteiger partial charge in [-0.2, -0.15) is 0 Å². The molecule has 3 aromatic rings. The first-order valence-electron chi connectivity index (χ1n) is 11.2. The molecule has 0 bridgehead atoms. The lowest BCUT2D eigenvalue weighted by molar-refractivity contribution is -0.122. The molecule has 0 radical (unpaired) electrons. The normalized spacial score (nSPS) is 14.5. The average molecular weight is 643 g/mol. The Hall–Kier alpha value is -3.96. The number of anilines is 2. The van der Waals surface area contributed by atoms with Crippen molar-refractivity contribution in [1.82, 2.24) is 5.32 Å². The number of hydrogen-bond donors (Lipinski definition) is 3. The first-order chi connectivity index (χ1) is 18.0. The molecule has 1 saturated heterocycles. The Balaban J connectivity index is 1.51. The van der Waals surface area contributed by atoms with Gasteiger partial charge in [-0.3, -0.25) is 19.7 Å². The number of nitrogens with one attached hydrogen (secondary N) is 2. The first kappa shape index (κ1) is 27.1. The molecule has 0 atom stereocenters. The zero-order valence-electron chi connectivity index (χ0n) is 20.2. The number of rotatable bonds is 6. The molecule has 11 heteroatoms. The van der Waals surface area contributed by atoms with Gasteiger partial charge in [0.05, 0.1) is 14.6 Å². The van der Waals surface area contributed by atoms with E-state index in [-0.39, 0.29) is 29.5 Å². The third kappa shape index (κ3) is 5.95. The van der Waals surface area contributed by atoms with Gasteiger partial charge in [0.2, 0.25) is 0 Å². The highest BCUT2D eigenvalue weighted by Gasteiger charge is 2.36. The number of carbonyl (C=O) groups is 4. The molecule has 1 aliphatic heterocycles. The van der Waals surface area contributed by atoms with Crippen LogP contribution in [0.15, 0.2) is 69.1 Å². The number of benzene rings is 3. The van der Waals surface area contributed by atoms with Crippen molar-refractivity contribution in [3.8, 4) is 11.5 Å². The highest BCUT2D eigenvalue weighted by atomic mass is 79.9. The van der Waals surface area contributed by atoms with Gasteiger partial charge in [-0.05, 0) is 105 Å². The van der Waals surface area contributed by atoms with E-state index in [2.05, 4.69) is 42.5 Å². The number of urea groups is 1. The van der Waals surface area contributed by atoms with Crippen molar-refractivity contribution < 1.29 is 29.0 Å². The number of imide groups is 2. The van der Waals surface area contributed by atoms with Crippen LogP contribution in [0.2, 0.25) is 0 Å². The second-order valence-electron chi connectivity index (χ2n) is 8.44. The van der Waals surface area contributed by atoms with Crippen molar-refractivity contribution in [1.29, 1.82) is 0 Å². The summed E-state index contributed by atoms with van der Waals surface area (Å²) in [6, 6.07) is 13.4. The minimum Gasteiger partial charge on any atom is -0.508 e. The largest absolute Gasteiger partial charge is 0.508 e. The van der Waals surface area contributed by atoms with Crippen LogP contribution in [0.1, 0.15) is 16.7 Å². The molecule has 3 N–H and O–H groups in total. The predicted molar refractivity (Wildman–Crippen MR) is 149 cm³/mol. The maximum atomic E-state index is 13.1. The summed E-state index contributed by atoms with van der Waals surface area (Å²) >= 11 is 6.81. The summed E-state index contributed by atoms with van der Waals surface area (Å²) in [5, 5.41) is 14.5. The number of phenolic OH excluding ortho intramolecular Hbond substituents is 1. The van der Waals surface area contributed by atoms with Gasteiger partial charge in [-0.25, -0.2) is 9.69 Å². The molecule has 0 spiro atoms. The van der Waals surface area contributed by atoms with Crippen molar-refractivity contribution in [3.05, 3.63) is 85.8 Å². The number of phenols is 1. The molecule has 5 amide bonds. The van der Waals surface area contributed by atoms with Gasteiger partial charge in [-0.1, -0.05) is 17.7 Å². The highest BCUT2D eigenvalue weighted by Crippen LogP contribution is 2.36. The van der Waals surface area contributed by atoms with E-state index in [1.807, 2.05) is 32.0 Å². The van der Waals surface area contributed by atoms with Gasteiger partial charge >= 0.3 is 6.03 Å². The molecule has 38 heavy (non-hydrogen) atoms. The summed E-state index contributed by atoms with van der Waals surface area (Å²) in [6.45, 7) is 3.62. The minimum absolute atomic E-state index is 0.0368. The third-order valence-corrected chi connectivity index (χ3v) is 6.72. The van der Waals surface area contributed by atoms with Crippen molar-refractivity contribution in [2.45, 2.75) is 13.8 Å². The van der Waals surface area contributed by atoms with E-state index < -0.39 is 17.8 Å². The van der Waals surface area contributed by atoms with Crippen LogP contribution in [-0.4, -0.2) is 35.5 Å². The quantitative estimate of drug-likeness (QED) is 0.250. The fourth-order valence-corrected chi connectivity index (χ4v) is 5.19. The molecule has 1 heterocycles. The van der Waals surface area contributed by atoms with Crippen LogP contribution in [-0.2, 0) is 14.4 Å². The molecule has 9 nitrogen and oxygen atoms in total. The van der Waals surface area contributed by atoms with Crippen LogP contribution in [0.5, 0.6) is 11.5 Å². The second kappa shape index (κ2) is 11.2.